The number of rotatable bonds is 8. The molecule has 0 aliphatic rings. The number of carbonyl (C=O) groups is 2. The van der Waals surface area contributed by atoms with E-state index < -0.39 is 17.8 Å². The molecule has 0 bridgehead atoms. The van der Waals surface area contributed by atoms with Gasteiger partial charge in [-0.3, -0.25) is 9.80 Å². The Morgan fingerprint density at radius 2 is 1.28 bits per heavy atom. The van der Waals surface area contributed by atoms with Crippen molar-refractivity contribution in [2.24, 2.45) is 0 Å². The molecule has 0 atom stereocenters. The fraction of sp³-hybridized carbons (Fsp3) is 0.310. The smallest absolute Gasteiger partial charge is 0.415 e. The summed E-state index contributed by atoms with van der Waals surface area (Å²) in [4.78, 5) is 29.3. The standard InChI is InChI=1S/C29H32BrClN2O6/c1-29(2,3)39-28(35)33(18-20-9-13-23(37-5)14-10-20)25-16-21(15-24(30)26(25)31)32(27(34)38-6)17-19-7-11-22(36-4)12-8-19/h7-16H,17-18H2,1-6H3. The summed E-state index contributed by atoms with van der Waals surface area (Å²) in [5, 5.41) is 0.285. The molecule has 3 rings (SSSR count). The van der Waals surface area contributed by atoms with E-state index in [0.29, 0.717) is 27.3 Å². The first-order chi connectivity index (χ1) is 18.4. The molecule has 8 nitrogen and oxygen atoms in total. The third-order valence-electron chi connectivity index (χ3n) is 5.60. The normalized spacial score (nSPS) is 11.0. The lowest BCUT2D eigenvalue weighted by molar-refractivity contribution is 0.0577. The van der Waals surface area contributed by atoms with Crippen LogP contribution in [0.1, 0.15) is 31.9 Å². The van der Waals surface area contributed by atoms with Gasteiger partial charge in [-0.15, -0.1) is 0 Å². The van der Waals surface area contributed by atoms with Gasteiger partial charge in [-0.25, -0.2) is 9.59 Å². The minimum atomic E-state index is -0.747. The van der Waals surface area contributed by atoms with Gasteiger partial charge in [0.25, 0.3) is 0 Å². The predicted octanol–water partition coefficient (Wildman–Crippen LogP) is 7.83. The van der Waals surface area contributed by atoms with E-state index in [1.165, 1.54) is 16.9 Å². The molecule has 2 amide bonds. The molecular formula is C29H32BrClN2O6. The largest absolute Gasteiger partial charge is 0.497 e. The van der Waals surface area contributed by atoms with E-state index in [1.54, 1.807) is 47.1 Å². The van der Waals surface area contributed by atoms with E-state index in [-0.39, 0.29) is 18.1 Å². The van der Waals surface area contributed by atoms with E-state index in [0.717, 1.165) is 11.1 Å². The lowest BCUT2D eigenvalue weighted by atomic mass is 10.1. The van der Waals surface area contributed by atoms with Crippen LogP contribution in [0.15, 0.2) is 65.1 Å². The zero-order valence-corrected chi connectivity index (χ0v) is 25.1. The van der Waals surface area contributed by atoms with Gasteiger partial charge in [0, 0.05) is 4.47 Å². The summed E-state index contributed by atoms with van der Waals surface area (Å²) in [5.74, 6) is 1.39. The molecule has 0 aliphatic carbocycles. The average molecular weight is 620 g/mol. The van der Waals surface area contributed by atoms with Crippen LogP contribution in [0.5, 0.6) is 11.5 Å². The number of benzene rings is 3. The zero-order chi connectivity index (χ0) is 28.7. The van der Waals surface area contributed by atoms with Crippen LogP contribution in [0.25, 0.3) is 0 Å². The van der Waals surface area contributed by atoms with Crippen molar-refractivity contribution in [2.75, 3.05) is 31.1 Å². The van der Waals surface area contributed by atoms with E-state index in [9.17, 15) is 9.59 Å². The number of hydrogen-bond donors (Lipinski definition) is 0. The summed E-state index contributed by atoms with van der Waals surface area (Å²) in [5.41, 5.74) is 1.74. The zero-order valence-electron chi connectivity index (χ0n) is 22.8. The van der Waals surface area contributed by atoms with Gasteiger partial charge in [0.15, 0.2) is 0 Å². The number of hydrogen-bond acceptors (Lipinski definition) is 6. The Balaban J connectivity index is 2.08. The third-order valence-corrected chi connectivity index (χ3v) is 6.86. The highest BCUT2D eigenvalue weighted by molar-refractivity contribution is 9.10. The van der Waals surface area contributed by atoms with Crippen LogP contribution in [-0.2, 0) is 22.6 Å². The molecule has 0 unspecified atom stereocenters. The molecule has 3 aromatic rings. The van der Waals surface area contributed by atoms with Gasteiger partial charge < -0.3 is 18.9 Å². The van der Waals surface area contributed by atoms with Gasteiger partial charge >= 0.3 is 12.2 Å². The van der Waals surface area contributed by atoms with E-state index in [2.05, 4.69) is 15.9 Å². The van der Waals surface area contributed by atoms with Crippen LogP contribution in [0.2, 0.25) is 5.02 Å². The summed E-state index contributed by atoms with van der Waals surface area (Å²) in [7, 11) is 4.49. The van der Waals surface area contributed by atoms with Crippen LogP contribution < -0.4 is 19.3 Å². The Hall–Kier alpha value is -3.43. The van der Waals surface area contributed by atoms with Gasteiger partial charge in [-0.2, -0.15) is 0 Å². The molecular weight excluding hydrogens is 588 g/mol. The van der Waals surface area contributed by atoms with Crippen LogP contribution in [-0.4, -0.2) is 39.1 Å². The number of methoxy groups -OCH3 is 3. The Morgan fingerprint density at radius 1 is 0.795 bits per heavy atom. The second-order valence-electron chi connectivity index (χ2n) is 9.58. The van der Waals surface area contributed by atoms with Crippen molar-refractivity contribution in [3.8, 4) is 11.5 Å². The molecule has 0 N–H and O–H groups in total. The van der Waals surface area contributed by atoms with E-state index in [1.807, 2.05) is 48.5 Å². The van der Waals surface area contributed by atoms with Crippen molar-refractivity contribution in [3.05, 3.63) is 81.3 Å². The molecule has 0 aliphatic heterocycles. The Bertz CT molecular complexity index is 1290. The Kier molecular flexibility index (Phi) is 10.1. The average Bonchev–Trinajstić information content (AvgIpc) is 2.91. The van der Waals surface area contributed by atoms with Gasteiger partial charge in [0.2, 0.25) is 0 Å². The van der Waals surface area contributed by atoms with Crippen LogP contribution in [0.4, 0.5) is 21.0 Å². The molecule has 0 radical (unpaired) electrons. The fourth-order valence-electron chi connectivity index (χ4n) is 3.68. The first kappa shape index (κ1) is 30.1. The second-order valence-corrected chi connectivity index (χ2v) is 10.8. The summed E-state index contributed by atoms with van der Waals surface area (Å²) in [6.07, 6.45) is -1.17. The molecule has 0 aromatic heterocycles. The highest BCUT2D eigenvalue weighted by atomic mass is 79.9. The lowest BCUT2D eigenvalue weighted by Gasteiger charge is -2.30. The summed E-state index contributed by atoms with van der Waals surface area (Å²) < 4.78 is 21.8. The van der Waals surface area contributed by atoms with Crippen molar-refractivity contribution < 1.29 is 28.5 Å². The quantitative estimate of drug-likeness (QED) is 0.256. The molecule has 0 spiro atoms. The molecule has 10 heteroatoms. The van der Waals surface area contributed by atoms with E-state index in [4.69, 9.17) is 30.5 Å². The SMILES string of the molecule is COC(=O)N(Cc1ccc(OC)cc1)c1cc(Br)c(Cl)c(N(Cc2ccc(OC)cc2)C(=O)OC(C)(C)C)c1. The summed E-state index contributed by atoms with van der Waals surface area (Å²) in [6, 6.07) is 18.0. The number of halogens is 2. The molecule has 0 saturated carbocycles. The molecule has 208 valence electrons. The van der Waals surface area contributed by atoms with Gasteiger partial charge in [-0.1, -0.05) is 35.9 Å². The molecule has 0 fully saturated rings. The summed E-state index contributed by atoms with van der Waals surface area (Å²) >= 11 is 10.2. The number of carbonyl (C=O) groups excluding carboxylic acids is 2. The van der Waals surface area contributed by atoms with Crippen molar-refractivity contribution >= 4 is 51.1 Å². The van der Waals surface area contributed by atoms with E-state index >= 15 is 0 Å². The van der Waals surface area contributed by atoms with Crippen molar-refractivity contribution in [3.63, 3.8) is 0 Å². The van der Waals surface area contributed by atoms with Crippen LogP contribution >= 0.6 is 27.5 Å². The van der Waals surface area contributed by atoms with Crippen molar-refractivity contribution in [2.45, 2.75) is 39.5 Å². The highest BCUT2D eigenvalue weighted by Crippen LogP contribution is 2.39. The molecule has 39 heavy (non-hydrogen) atoms. The molecule has 0 saturated heterocycles. The van der Waals surface area contributed by atoms with Crippen molar-refractivity contribution in [1.29, 1.82) is 0 Å². The second kappa shape index (κ2) is 13.1. The topological polar surface area (TPSA) is 77.5 Å². The number of nitrogens with zero attached hydrogens (tertiary/aromatic N) is 2. The van der Waals surface area contributed by atoms with Crippen molar-refractivity contribution in [1.82, 2.24) is 0 Å². The third kappa shape index (κ3) is 8.03. The first-order valence-electron chi connectivity index (χ1n) is 12.1. The number of ether oxygens (including phenoxy) is 4. The maximum absolute atomic E-state index is 13.5. The molecule has 0 heterocycles. The van der Waals surface area contributed by atoms with Gasteiger partial charge in [0.05, 0.1) is 50.8 Å². The minimum absolute atomic E-state index is 0.158. The monoisotopic (exact) mass is 618 g/mol. The fourth-order valence-corrected chi connectivity index (χ4v) is 4.33. The van der Waals surface area contributed by atoms with Crippen LogP contribution in [0, 0.1) is 0 Å². The van der Waals surface area contributed by atoms with Gasteiger partial charge in [0.1, 0.15) is 17.1 Å². The maximum Gasteiger partial charge on any atom is 0.415 e. The predicted molar refractivity (Wildman–Crippen MR) is 156 cm³/mol. The lowest BCUT2D eigenvalue weighted by Crippen LogP contribution is -2.37. The Morgan fingerprint density at radius 3 is 1.72 bits per heavy atom. The minimum Gasteiger partial charge on any atom is -0.497 e. The number of amides is 2. The highest BCUT2D eigenvalue weighted by Gasteiger charge is 2.28. The first-order valence-corrected chi connectivity index (χ1v) is 13.2. The Labute approximate surface area is 242 Å². The number of anilines is 2. The summed E-state index contributed by atoms with van der Waals surface area (Å²) in [6.45, 7) is 5.73. The molecule has 3 aromatic carbocycles. The van der Waals surface area contributed by atoms with Gasteiger partial charge in [-0.05, 0) is 84.2 Å². The van der Waals surface area contributed by atoms with Crippen LogP contribution in [0.3, 0.4) is 0 Å². The maximum atomic E-state index is 13.5.